The average molecular weight is 589 g/mol. The minimum atomic E-state index is -4.09. The highest BCUT2D eigenvalue weighted by Gasteiger charge is 2.30. The standard InChI is InChI=1S/C33H39F3O6/c1-22(20-37)31(39)41-15-12-25-17-26(13-16-42-32(40)23(2)21-38)19-30(18-25)29-9-7-28(8-10-29)27-5-3-24(4-6-27)11-14-33(34,35)36/h7-10,17-19,24,27,37-38H,1-6,11-16,20-21H2. The van der Waals surface area contributed by atoms with E-state index in [1.807, 2.05) is 30.3 Å². The van der Waals surface area contributed by atoms with E-state index in [1.54, 1.807) is 0 Å². The van der Waals surface area contributed by atoms with Crippen LogP contribution in [0.15, 0.2) is 66.8 Å². The summed E-state index contributed by atoms with van der Waals surface area (Å²) in [5.74, 6) is -0.857. The Morgan fingerprint density at radius 3 is 1.74 bits per heavy atom. The van der Waals surface area contributed by atoms with Crippen LogP contribution in [0.4, 0.5) is 13.2 Å². The lowest BCUT2D eigenvalue weighted by molar-refractivity contribution is -0.140. The van der Waals surface area contributed by atoms with Crippen LogP contribution in [0.5, 0.6) is 0 Å². The molecule has 0 spiro atoms. The lowest BCUT2D eigenvalue weighted by atomic mass is 9.77. The fourth-order valence-corrected chi connectivity index (χ4v) is 5.17. The molecule has 0 amide bonds. The van der Waals surface area contributed by atoms with Crippen molar-refractivity contribution in [1.29, 1.82) is 0 Å². The molecule has 0 bridgehead atoms. The van der Waals surface area contributed by atoms with E-state index in [2.05, 4.69) is 25.3 Å². The quantitative estimate of drug-likeness (QED) is 0.201. The van der Waals surface area contributed by atoms with E-state index in [0.29, 0.717) is 18.8 Å². The van der Waals surface area contributed by atoms with Crippen LogP contribution in [-0.4, -0.2) is 54.8 Å². The van der Waals surface area contributed by atoms with Crippen LogP contribution >= 0.6 is 0 Å². The van der Waals surface area contributed by atoms with Crippen LogP contribution in [0.1, 0.15) is 61.1 Å². The van der Waals surface area contributed by atoms with Gasteiger partial charge in [-0.25, -0.2) is 9.59 Å². The van der Waals surface area contributed by atoms with E-state index in [-0.39, 0.29) is 36.7 Å². The summed E-state index contributed by atoms with van der Waals surface area (Å²) in [5, 5.41) is 18.1. The molecular formula is C33H39F3O6. The van der Waals surface area contributed by atoms with Gasteiger partial charge < -0.3 is 19.7 Å². The van der Waals surface area contributed by atoms with Gasteiger partial charge in [-0.3, -0.25) is 0 Å². The topological polar surface area (TPSA) is 93.1 Å². The fourth-order valence-electron chi connectivity index (χ4n) is 5.17. The van der Waals surface area contributed by atoms with Crippen molar-refractivity contribution in [2.45, 2.75) is 63.5 Å². The van der Waals surface area contributed by atoms with Gasteiger partial charge in [-0.15, -0.1) is 0 Å². The first-order valence-corrected chi connectivity index (χ1v) is 14.2. The number of rotatable bonds is 14. The van der Waals surface area contributed by atoms with Crippen molar-refractivity contribution >= 4 is 11.9 Å². The number of aliphatic hydroxyl groups is 2. The smallest absolute Gasteiger partial charge is 0.389 e. The lowest BCUT2D eigenvalue weighted by Gasteiger charge is -2.29. The third-order valence-electron chi connectivity index (χ3n) is 7.66. The van der Waals surface area contributed by atoms with Gasteiger partial charge in [0.2, 0.25) is 0 Å². The molecule has 2 aromatic carbocycles. The second kappa shape index (κ2) is 15.7. The monoisotopic (exact) mass is 588 g/mol. The molecule has 2 N–H and O–H groups in total. The number of halogens is 3. The second-order valence-corrected chi connectivity index (χ2v) is 10.8. The van der Waals surface area contributed by atoms with E-state index in [4.69, 9.17) is 19.7 Å². The number of esters is 2. The van der Waals surface area contributed by atoms with Crippen molar-refractivity contribution in [2.24, 2.45) is 5.92 Å². The third kappa shape index (κ3) is 10.4. The van der Waals surface area contributed by atoms with Gasteiger partial charge in [0.1, 0.15) is 0 Å². The van der Waals surface area contributed by atoms with Crippen LogP contribution < -0.4 is 0 Å². The maximum Gasteiger partial charge on any atom is 0.389 e. The average Bonchev–Trinajstić information content (AvgIpc) is 2.99. The zero-order chi connectivity index (χ0) is 30.7. The SMILES string of the molecule is C=C(CO)C(=O)OCCc1cc(CCOC(=O)C(=C)CO)cc(-c2ccc(C3CCC(CCC(F)(F)F)CC3)cc2)c1. The van der Waals surface area contributed by atoms with Crippen LogP contribution in [0, 0.1) is 5.92 Å². The molecule has 1 saturated carbocycles. The Kier molecular flexibility index (Phi) is 12.4. The van der Waals surface area contributed by atoms with Crippen molar-refractivity contribution in [3.05, 3.63) is 83.5 Å². The highest BCUT2D eigenvalue weighted by Crippen LogP contribution is 2.39. The minimum absolute atomic E-state index is 0.0226. The molecule has 1 fully saturated rings. The summed E-state index contributed by atoms with van der Waals surface area (Å²) < 4.78 is 48.2. The Labute approximate surface area is 244 Å². The molecule has 42 heavy (non-hydrogen) atoms. The summed E-state index contributed by atoms with van der Waals surface area (Å²) in [6.07, 6.45) is -0.389. The molecule has 0 unspecified atom stereocenters. The number of carbonyl (C=O) groups excluding carboxylic acids is 2. The fraction of sp³-hybridized carbons (Fsp3) is 0.455. The van der Waals surface area contributed by atoms with E-state index < -0.39 is 37.7 Å². The van der Waals surface area contributed by atoms with E-state index in [1.165, 1.54) is 5.56 Å². The molecule has 0 saturated heterocycles. The number of hydrogen-bond donors (Lipinski definition) is 2. The van der Waals surface area contributed by atoms with E-state index >= 15 is 0 Å². The zero-order valence-corrected chi connectivity index (χ0v) is 23.8. The van der Waals surface area contributed by atoms with E-state index in [9.17, 15) is 22.8 Å². The molecule has 0 radical (unpaired) electrons. The van der Waals surface area contributed by atoms with Gasteiger partial charge >= 0.3 is 18.1 Å². The number of benzene rings is 2. The number of ether oxygens (including phenoxy) is 2. The number of carbonyl (C=O) groups is 2. The molecule has 9 heteroatoms. The van der Waals surface area contributed by atoms with Crippen molar-refractivity contribution in [2.75, 3.05) is 26.4 Å². The van der Waals surface area contributed by atoms with Gasteiger partial charge in [-0.05, 0) is 71.8 Å². The third-order valence-corrected chi connectivity index (χ3v) is 7.66. The van der Waals surface area contributed by atoms with Crippen LogP contribution in [0.3, 0.4) is 0 Å². The first-order chi connectivity index (χ1) is 20.0. The summed E-state index contributed by atoms with van der Waals surface area (Å²) in [6.45, 7) is 6.17. The van der Waals surface area contributed by atoms with Gasteiger partial charge in [-0.1, -0.05) is 55.6 Å². The van der Waals surface area contributed by atoms with Crippen molar-refractivity contribution in [3.63, 3.8) is 0 Å². The van der Waals surface area contributed by atoms with Crippen LogP contribution in [0.25, 0.3) is 11.1 Å². The molecule has 2 aromatic rings. The molecule has 228 valence electrons. The van der Waals surface area contributed by atoms with Gasteiger partial charge in [-0.2, -0.15) is 13.2 Å². The highest BCUT2D eigenvalue weighted by molar-refractivity contribution is 5.88. The van der Waals surface area contributed by atoms with Gasteiger partial charge in [0, 0.05) is 19.3 Å². The van der Waals surface area contributed by atoms with Gasteiger partial charge in [0.25, 0.3) is 0 Å². The zero-order valence-electron chi connectivity index (χ0n) is 23.8. The number of alkyl halides is 3. The second-order valence-electron chi connectivity index (χ2n) is 10.8. The van der Waals surface area contributed by atoms with Crippen molar-refractivity contribution < 1.29 is 42.4 Å². The largest absolute Gasteiger partial charge is 0.462 e. The number of hydrogen-bond acceptors (Lipinski definition) is 6. The Hall–Kier alpha value is -3.43. The molecule has 0 atom stereocenters. The predicted molar refractivity (Wildman–Crippen MR) is 154 cm³/mol. The first-order valence-electron chi connectivity index (χ1n) is 14.2. The number of aliphatic hydroxyl groups excluding tert-OH is 2. The van der Waals surface area contributed by atoms with Crippen LogP contribution in [0.2, 0.25) is 0 Å². The summed E-state index contributed by atoms with van der Waals surface area (Å²) in [5.41, 5.74) is 4.83. The van der Waals surface area contributed by atoms with Gasteiger partial charge in [0.05, 0.1) is 37.6 Å². The van der Waals surface area contributed by atoms with Crippen molar-refractivity contribution in [1.82, 2.24) is 0 Å². The van der Waals surface area contributed by atoms with Crippen molar-refractivity contribution in [3.8, 4) is 11.1 Å². The van der Waals surface area contributed by atoms with Crippen LogP contribution in [-0.2, 0) is 31.9 Å². The van der Waals surface area contributed by atoms with Gasteiger partial charge in [0.15, 0.2) is 0 Å². The normalized spacial score (nSPS) is 17.0. The molecule has 3 rings (SSSR count). The molecule has 6 nitrogen and oxygen atoms in total. The Morgan fingerprint density at radius 1 is 0.786 bits per heavy atom. The molecule has 0 aromatic heterocycles. The summed E-state index contributed by atoms with van der Waals surface area (Å²) >= 11 is 0. The molecule has 1 aliphatic rings. The highest BCUT2D eigenvalue weighted by atomic mass is 19.4. The first kappa shape index (κ1) is 33.1. The Morgan fingerprint density at radius 2 is 1.29 bits per heavy atom. The summed E-state index contributed by atoms with van der Waals surface area (Å²) in [4.78, 5) is 23.7. The Balaban J connectivity index is 1.69. The maximum atomic E-state index is 12.6. The maximum absolute atomic E-state index is 12.6. The molecule has 0 aliphatic heterocycles. The summed E-state index contributed by atoms with van der Waals surface area (Å²) in [7, 11) is 0. The summed E-state index contributed by atoms with van der Waals surface area (Å²) in [6, 6.07) is 14.2. The predicted octanol–water partition coefficient (Wildman–Crippen LogP) is 6.24. The lowest BCUT2D eigenvalue weighted by Crippen LogP contribution is -2.16. The molecule has 1 aliphatic carbocycles. The molecule has 0 heterocycles. The minimum Gasteiger partial charge on any atom is -0.462 e. The molecular weight excluding hydrogens is 549 g/mol. The Bertz CT molecular complexity index is 1180. The van der Waals surface area contributed by atoms with E-state index in [0.717, 1.165) is 47.9 Å².